The number of nitrogens with zero attached hydrogens (tertiary/aromatic N) is 2. The summed E-state index contributed by atoms with van der Waals surface area (Å²) in [7, 11) is 1.95. The summed E-state index contributed by atoms with van der Waals surface area (Å²) in [5.74, 6) is 0.518. The highest BCUT2D eigenvalue weighted by Crippen LogP contribution is 2.19. The van der Waals surface area contributed by atoms with Gasteiger partial charge in [0.15, 0.2) is 0 Å². The van der Waals surface area contributed by atoms with Gasteiger partial charge >= 0.3 is 0 Å². The molecule has 0 aliphatic carbocycles. The number of hydrogen-bond acceptors (Lipinski definition) is 4. The van der Waals surface area contributed by atoms with Gasteiger partial charge in [0, 0.05) is 38.0 Å². The summed E-state index contributed by atoms with van der Waals surface area (Å²) in [6.07, 6.45) is 4.43. The van der Waals surface area contributed by atoms with Gasteiger partial charge in [0.1, 0.15) is 5.82 Å². The van der Waals surface area contributed by atoms with Crippen molar-refractivity contribution >= 4 is 17.3 Å². The van der Waals surface area contributed by atoms with E-state index in [0.29, 0.717) is 23.5 Å². The molecule has 2 rings (SSSR count). The molecule has 0 atom stereocenters. The van der Waals surface area contributed by atoms with Crippen molar-refractivity contribution in [2.45, 2.75) is 6.42 Å². The summed E-state index contributed by atoms with van der Waals surface area (Å²) < 4.78 is 1.96. The number of carbonyl (C=O) groups excluding carboxylic acids is 1. The van der Waals surface area contributed by atoms with Gasteiger partial charge in [-0.3, -0.25) is 4.79 Å². The lowest BCUT2D eigenvalue weighted by atomic mass is 10.1. The fraction of sp³-hybridized carbons (Fsp3) is 0.231. The molecule has 5 N–H and O–H groups in total. The predicted octanol–water partition coefficient (Wildman–Crippen LogP) is 0.756. The SMILES string of the molecule is Cn1ccnc1CCNc1cc(C(N)=O)ccc1N. The van der Waals surface area contributed by atoms with E-state index in [1.807, 2.05) is 17.8 Å². The van der Waals surface area contributed by atoms with Crippen molar-refractivity contribution in [1.29, 1.82) is 0 Å². The first-order valence-electron chi connectivity index (χ1n) is 5.97. The molecule has 0 bridgehead atoms. The van der Waals surface area contributed by atoms with E-state index in [4.69, 9.17) is 11.5 Å². The highest BCUT2D eigenvalue weighted by molar-refractivity contribution is 5.94. The first kappa shape index (κ1) is 12.9. The average molecular weight is 259 g/mol. The summed E-state index contributed by atoms with van der Waals surface area (Å²) in [5.41, 5.74) is 12.8. The van der Waals surface area contributed by atoms with Crippen molar-refractivity contribution in [1.82, 2.24) is 9.55 Å². The van der Waals surface area contributed by atoms with Crippen LogP contribution in [0.2, 0.25) is 0 Å². The van der Waals surface area contributed by atoms with E-state index in [-0.39, 0.29) is 0 Å². The number of anilines is 2. The van der Waals surface area contributed by atoms with E-state index in [0.717, 1.165) is 12.2 Å². The van der Waals surface area contributed by atoms with Gasteiger partial charge in [0.05, 0.1) is 11.4 Å². The third-order valence-electron chi connectivity index (χ3n) is 2.92. The number of primary amides is 1. The topological polar surface area (TPSA) is 99.0 Å². The normalized spacial score (nSPS) is 10.4. The Bertz CT molecular complexity index is 590. The number of nitrogens with one attached hydrogen (secondary N) is 1. The van der Waals surface area contributed by atoms with Crippen LogP contribution in [0.4, 0.5) is 11.4 Å². The minimum absolute atomic E-state index is 0.439. The molecule has 1 amide bonds. The Labute approximate surface area is 111 Å². The quantitative estimate of drug-likeness (QED) is 0.690. The molecule has 1 heterocycles. The molecule has 100 valence electrons. The van der Waals surface area contributed by atoms with Crippen LogP contribution in [0.15, 0.2) is 30.6 Å². The Balaban J connectivity index is 2.01. The van der Waals surface area contributed by atoms with Gasteiger partial charge < -0.3 is 21.4 Å². The predicted molar refractivity (Wildman–Crippen MR) is 74.8 cm³/mol. The number of imidazole rings is 1. The largest absolute Gasteiger partial charge is 0.397 e. The number of hydrogen-bond donors (Lipinski definition) is 3. The number of carbonyl (C=O) groups is 1. The molecule has 6 nitrogen and oxygen atoms in total. The molecule has 0 radical (unpaired) electrons. The van der Waals surface area contributed by atoms with Crippen LogP contribution in [0.25, 0.3) is 0 Å². The van der Waals surface area contributed by atoms with Crippen molar-refractivity contribution in [3.8, 4) is 0 Å². The van der Waals surface area contributed by atoms with Crippen LogP contribution < -0.4 is 16.8 Å². The number of nitrogens with two attached hydrogens (primary N) is 2. The first-order valence-corrected chi connectivity index (χ1v) is 5.97. The molecule has 6 heteroatoms. The second-order valence-electron chi connectivity index (χ2n) is 4.30. The third kappa shape index (κ3) is 3.04. The van der Waals surface area contributed by atoms with Crippen molar-refractivity contribution in [3.63, 3.8) is 0 Å². The fourth-order valence-electron chi connectivity index (χ4n) is 1.81. The van der Waals surface area contributed by atoms with Crippen LogP contribution in [-0.2, 0) is 13.5 Å². The monoisotopic (exact) mass is 259 g/mol. The number of aryl methyl sites for hydroxylation is 1. The minimum atomic E-state index is -0.466. The van der Waals surface area contributed by atoms with Crippen LogP contribution in [0.5, 0.6) is 0 Å². The van der Waals surface area contributed by atoms with E-state index in [1.54, 1.807) is 24.4 Å². The van der Waals surface area contributed by atoms with Crippen molar-refractivity contribution in [2.24, 2.45) is 12.8 Å². The van der Waals surface area contributed by atoms with E-state index in [1.165, 1.54) is 0 Å². The molecule has 0 spiro atoms. The maximum Gasteiger partial charge on any atom is 0.248 e. The Morgan fingerprint density at radius 1 is 1.47 bits per heavy atom. The molecule has 0 fully saturated rings. The number of rotatable bonds is 5. The highest BCUT2D eigenvalue weighted by Gasteiger charge is 2.05. The average Bonchev–Trinajstić information content (AvgIpc) is 2.77. The Kier molecular flexibility index (Phi) is 3.70. The lowest BCUT2D eigenvalue weighted by Crippen LogP contribution is -2.13. The summed E-state index contributed by atoms with van der Waals surface area (Å²) in [6.45, 7) is 0.678. The van der Waals surface area contributed by atoms with Crippen LogP contribution in [0.1, 0.15) is 16.2 Å². The Morgan fingerprint density at radius 3 is 2.89 bits per heavy atom. The second kappa shape index (κ2) is 5.43. The van der Waals surface area contributed by atoms with Crippen LogP contribution >= 0.6 is 0 Å². The second-order valence-corrected chi connectivity index (χ2v) is 4.30. The van der Waals surface area contributed by atoms with Crippen molar-refractivity contribution < 1.29 is 4.79 Å². The maximum absolute atomic E-state index is 11.1. The molecule has 1 aromatic carbocycles. The van der Waals surface area contributed by atoms with Gasteiger partial charge in [-0.05, 0) is 18.2 Å². The summed E-state index contributed by atoms with van der Waals surface area (Å²) >= 11 is 0. The van der Waals surface area contributed by atoms with Gasteiger partial charge in [-0.25, -0.2) is 4.98 Å². The van der Waals surface area contributed by atoms with Crippen LogP contribution in [-0.4, -0.2) is 22.0 Å². The number of nitrogen functional groups attached to an aromatic ring is 1. The minimum Gasteiger partial charge on any atom is -0.397 e. The molecule has 1 aromatic heterocycles. The van der Waals surface area contributed by atoms with Crippen LogP contribution in [0.3, 0.4) is 0 Å². The van der Waals surface area contributed by atoms with Gasteiger partial charge in [-0.2, -0.15) is 0 Å². The third-order valence-corrected chi connectivity index (χ3v) is 2.92. The number of benzene rings is 1. The van der Waals surface area contributed by atoms with Gasteiger partial charge in [0.2, 0.25) is 5.91 Å². The zero-order valence-corrected chi connectivity index (χ0v) is 10.8. The molecular weight excluding hydrogens is 242 g/mol. The zero-order valence-electron chi connectivity index (χ0n) is 10.8. The van der Waals surface area contributed by atoms with E-state index < -0.39 is 5.91 Å². The number of aromatic nitrogens is 2. The van der Waals surface area contributed by atoms with Gasteiger partial charge in [0.25, 0.3) is 0 Å². The van der Waals surface area contributed by atoms with Crippen molar-refractivity contribution in [2.75, 3.05) is 17.6 Å². The smallest absolute Gasteiger partial charge is 0.248 e. The van der Waals surface area contributed by atoms with E-state index in [2.05, 4.69) is 10.3 Å². The molecule has 0 saturated carbocycles. The van der Waals surface area contributed by atoms with E-state index >= 15 is 0 Å². The van der Waals surface area contributed by atoms with Crippen LogP contribution in [0, 0.1) is 0 Å². The fourth-order valence-corrected chi connectivity index (χ4v) is 1.81. The van der Waals surface area contributed by atoms with Gasteiger partial charge in [-0.15, -0.1) is 0 Å². The molecule has 0 aliphatic heterocycles. The first-order chi connectivity index (χ1) is 9.08. The summed E-state index contributed by atoms with van der Waals surface area (Å²) in [6, 6.07) is 4.95. The molecule has 0 unspecified atom stereocenters. The summed E-state index contributed by atoms with van der Waals surface area (Å²) in [5, 5.41) is 3.19. The molecule has 0 aliphatic rings. The highest BCUT2D eigenvalue weighted by atomic mass is 16.1. The standard InChI is InChI=1S/C13H17N5O/c1-18-7-6-17-12(18)4-5-16-11-8-9(13(15)19)2-3-10(11)14/h2-3,6-8,16H,4-5,14H2,1H3,(H2,15,19). The summed E-state index contributed by atoms with van der Waals surface area (Å²) in [4.78, 5) is 15.3. The Hall–Kier alpha value is -2.50. The van der Waals surface area contributed by atoms with Crippen molar-refractivity contribution in [3.05, 3.63) is 42.0 Å². The molecular formula is C13H17N5O. The lowest BCUT2D eigenvalue weighted by Gasteiger charge is -2.10. The zero-order chi connectivity index (χ0) is 13.8. The molecule has 19 heavy (non-hydrogen) atoms. The molecule has 2 aromatic rings. The molecule has 0 saturated heterocycles. The maximum atomic E-state index is 11.1. The Morgan fingerprint density at radius 2 is 2.26 bits per heavy atom. The van der Waals surface area contributed by atoms with Gasteiger partial charge in [-0.1, -0.05) is 0 Å². The van der Waals surface area contributed by atoms with E-state index in [9.17, 15) is 4.79 Å². The lowest BCUT2D eigenvalue weighted by molar-refractivity contribution is 0.100. The number of amides is 1.